The van der Waals surface area contributed by atoms with Gasteiger partial charge in [0.05, 0.1) is 0 Å². The molecule has 3 unspecified atom stereocenters. The molecular weight excluding hydrogens is 166 g/mol. The highest BCUT2D eigenvalue weighted by atomic mass is 32.2. The van der Waals surface area contributed by atoms with Crippen molar-refractivity contribution in [2.24, 2.45) is 5.92 Å². The minimum absolute atomic E-state index is 0.624. The lowest BCUT2D eigenvalue weighted by Crippen LogP contribution is -2.31. The number of nitrogens with one attached hydrogen (secondary N) is 1. The molecule has 12 heavy (non-hydrogen) atoms. The normalized spacial score (nSPS) is 18.8. The molecule has 0 aliphatic carbocycles. The van der Waals surface area contributed by atoms with Crippen molar-refractivity contribution in [3.63, 3.8) is 0 Å². The van der Waals surface area contributed by atoms with E-state index in [-0.39, 0.29) is 0 Å². The van der Waals surface area contributed by atoms with Crippen LogP contribution in [0.4, 0.5) is 0 Å². The highest BCUT2D eigenvalue weighted by Gasteiger charge is 2.11. The van der Waals surface area contributed by atoms with Gasteiger partial charge in [-0.15, -0.1) is 0 Å². The quantitative estimate of drug-likeness (QED) is 0.689. The number of hydrogen-bond acceptors (Lipinski definition) is 2. The van der Waals surface area contributed by atoms with Crippen LogP contribution in [0.1, 0.15) is 34.1 Å². The van der Waals surface area contributed by atoms with Gasteiger partial charge in [0.25, 0.3) is 0 Å². The smallest absolute Gasteiger partial charge is 0.0170 e. The molecule has 3 atom stereocenters. The Balaban J connectivity index is 3.49. The molecule has 1 N–H and O–H groups in total. The Kier molecular flexibility index (Phi) is 6.96. The van der Waals surface area contributed by atoms with Crippen LogP contribution in [-0.2, 0) is 0 Å². The first-order valence-corrected chi connectivity index (χ1v) is 5.95. The largest absolute Gasteiger partial charge is 0.316 e. The van der Waals surface area contributed by atoms with Crippen molar-refractivity contribution in [1.82, 2.24) is 5.32 Å². The second kappa shape index (κ2) is 6.79. The molecule has 0 aromatic heterocycles. The second-order valence-corrected chi connectivity index (χ2v) is 5.04. The van der Waals surface area contributed by atoms with E-state index in [1.807, 2.05) is 7.05 Å². The average molecular weight is 189 g/mol. The van der Waals surface area contributed by atoms with Crippen molar-refractivity contribution in [3.05, 3.63) is 0 Å². The van der Waals surface area contributed by atoms with Crippen molar-refractivity contribution in [3.8, 4) is 0 Å². The Morgan fingerprint density at radius 3 is 2.25 bits per heavy atom. The van der Waals surface area contributed by atoms with Crippen LogP contribution in [0.15, 0.2) is 0 Å². The van der Waals surface area contributed by atoms with E-state index in [2.05, 4.69) is 44.8 Å². The van der Waals surface area contributed by atoms with Crippen molar-refractivity contribution < 1.29 is 0 Å². The maximum Gasteiger partial charge on any atom is 0.0170 e. The fraction of sp³-hybridized carbons (Fsp3) is 1.00. The van der Waals surface area contributed by atoms with E-state index in [0.717, 1.165) is 11.2 Å². The van der Waals surface area contributed by atoms with Gasteiger partial charge in [0.15, 0.2) is 0 Å². The molecule has 0 aromatic rings. The third-order valence-corrected chi connectivity index (χ3v) is 4.20. The lowest BCUT2D eigenvalue weighted by molar-refractivity contribution is 0.597. The molecule has 0 aliphatic heterocycles. The molecule has 0 aromatic carbocycles. The Morgan fingerprint density at radius 1 is 1.25 bits per heavy atom. The summed E-state index contributed by atoms with van der Waals surface area (Å²) in [5, 5.41) is 4.01. The van der Waals surface area contributed by atoms with E-state index >= 15 is 0 Å². The van der Waals surface area contributed by atoms with Gasteiger partial charge >= 0.3 is 0 Å². The molecule has 0 amide bonds. The molecule has 0 radical (unpaired) electrons. The summed E-state index contributed by atoms with van der Waals surface area (Å²) >= 11 is 2.08. The molecule has 1 nitrogen and oxygen atoms in total. The van der Waals surface area contributed by atoms with Crippen molar-refractivity contribution in [2.75, 3.05) is 12.8 Å². The lowest BCUT2D eigenvalue weighted by Gasteiger charge is -2.20. The monoisotopic (exact) mass is 189 g/mol. The summed E-state index contributed by atoms with van der Waals surface area (Å²) in [6, 6.07) is 0.624. The Hall–Kier alpha value is 0.310. The van der Waals surface area contributed by atoms with E-state index in [9.17, 15) is 0 Å². The van der Waals surface area contributed by atoms with Crippen LogP contribution in [0, 0.1) is 5.92 Å². The molecule has 74 valence electrons. The van der Waals surface area contributed by atoms with Gasteiger partial charge in [0.2, 0.25) is 0 Å². The van der Waals surface area contributed by atoms with E-state index < -0.39 is 0 Å². The first kappa shape index (κ1) is 12.3. The third kappa shape index (κ3) is 5.04. The van der Waals surface area contributed by atoms with Gasteiger partial charge in [0, 0.05) is 11.3 Å². The topological polar surface area (TPSA) is 12.0 Å². The van der Waals surface area contributed by atoms with Crippen LogP contribution < -0.4 is 5.32 Å². The molecule has 2 heteroatoms. The van der Waals surface area contributed by atoms with Crippen LogP contribution in [0.5, 0.6) is 0 Å². The van der Waals surface area contributed by atoms with E-state index in [4.69, 9.17) is 0 Å². The summed E-state index contributed by atoms with van der Waals surface area (Å²) in [6.07, 6.45) is 1.30. The maximum atomic E-state index is 3.29. The fourth-order valence-electron chi connectivity index (χ4n) is 0.813. The molecule has 0 rings (SSSR count). The number of hydrogen-bond donors (Lipinski definition) is 1. The number of rotatable bonds is 6. The number of thioether (sulfide) groups is 1. The van der Waals surface area contributed by atoms with Gasteiger partial charge in [0.1, 0.15) is 0 Å². The van der Waals surface area contributed by atoms with Gasteiger partial charge in [-0.25, -0.2) is 0 Å². The molecule has 0 saturated carbocycles. The van der Waals surface area contributed by atoms with Crippen molar-refractivity contribution in [1.29, 1.82) is 0 Å². The molecule has 0 heterocycles. The van der Waals surface area contributed by atoms with Crippen molar-refractivity contribution >= 4 is 11.8 Å². The highest BCUT2D eigenvalue weighted by Crippen LogP contribution is 2.18. The molecule has 0 saturated heterocycles. The predicted octanol–water partition coefficient (Wildman–Crippen LogP) is 2.76. The van der Waals surface area contributed by atoms with Gasteiger partial charge in [-0.2, -0.15) is 11.8 Å². The Morgan fingerprint density at radius 2 is 1.83 bits per heavy atom. The SMILES string of the molecule is CCC(C)CSC(C)C(C)NC. The van der Waals surface area contributed by atoms with Crippen LogP contribution in [-0.4, -0.2) is 24.1 Å². The molecule has 0 fully saturated rings. The standard InChI is InChI=1S/C10H23NS/c1-6-8(2)7-12-10(4)9(3)11-5/h8-11H,6-7H2,1-5H3. The summed E-state index contributed by atoms with van der Waals surface area (Å²) in [5.41, 5.74) is 0. The Labute approximate surface area is 81.7 Å². The van der Waals surface area contributed by atoms with E-state index in [0.29, 0.717) is 6.04 Å². The zero-order chi connectivity index (χ0) is 9.56. The summed E-state index contributed by atoms with van der Waals surface area (Å²) in [5.74, 6) is 2.16. The Bertz CT molecular complexity index is 106. The minimum Gasteiger partial charge on any atom is -0.316 e. The zero-order valence-corrected chi connectivity index (χ0v) is 9.87. The average Bonchev–Trinajstić information content (AvgIpc) is 2.11. The van der Waals surface area contributed by atoms with Crippen LogP contribution >= 0.6 is 11.8 Å². The minimum atomic E-state index is 0.624. The van der Waals surface area contributed by atoms with Crippen molar-refractivity contribution in [2.45, 2.75) is 45.4 Å². The van der Waals surface area contributed by atoms with E-state index in [1.54, 1.807) is 0 Å². The summed E-state index contributed by atoms with van der Waals surface area (Å²) in [6.45, 7) is 9.13. The maximum absolute atomic E-state index is 3.29. The van der Waals surface area contributed by atoms with Crippen LogP contribution in [0.3, 0.4) is 0 Å². The van der Waals surface area contributed by atoms with Crippen LogP contribution in [0.25, 0.3) is 0 Å². The van der Waals surface area contributed by atoms with Crippen LogP contribution in [0.2, 0.25) is 0 Å². The van der Waals surface area contributed by atoms with Gasteiger partial charge in [-0.3, -0.25) is 0 Å². The zero-order valence-electron chi connectivity index (χ0n) is 9.05. The first-order valence-electron chi connectivity index (χ1n) is 4.90. The third-order valence-electron chi connectivity index (χ3n) is 2.50. The predicted molar refractivity (Wildman–Crippen MR) is 59.9 cm³/mol. The summed E-state index contributed by atoms with van der Waals surface area (Å²) < 4.78 is 0. The summed E-state index contributed by atoms with van der Waals surface area (Å²) in [7, 11) is 2.03. The second-order valence-electron chi connectivity index (χ2n) is 3.63. The molecule has 0 bridgehead atoms. The lowest BCUT2D eigenvalue weighted by atomic mass is 10.2. The van der Waals surface area contributed by atoms with Gasteiger partial charge in [-0.1, -0.05) is 27.2 Å². The fourth-order valence-corrected chi connectivity index (χ4v) is 2.11. The van der Waals surface area contributed by atoms with Gasteiger partial charge in [-0.05, 0) is 25.6 Å². The molecule has 0 aliphatic rings. The molecule has 0 spiro atoms. The van der Waals surface area contributed by atoms with E-state index in [1.165, 1.54) is 12.2 Å². The summed E-state index contributed by atoms with van der Waals surface area (Å²) in [4.78, 5) is 0. The van der Waals surface area contributed by atoms with Gasteiger partial charge < -0.3 is 5.32 Å². The molecular formula is C10H23NS. The first-order chi connectivity index (χ1) is 5.61. The highest BCUT2D eigenvalue weighted by molar-refractivity contribution is 7.99.